The summed E-state index contributed by atoms with van der Waals surface area (Å²) in [6.45, 7) is 14.9. The van der Waals surface area contributed by atoms with E-state index in [-0.39, 0.29) is 10.8 Å². The normalized spacial score (nSPS) is 20.7. The van der Waals surface area contributed by atoms with Crippen LogP contribution in [-0.4, -0.2) is 6.54 Å². The van der Waals surface area contributed by atoms with Crippen LogP contribution in [0.5, 0.6) is 0 Å². The van der Waals surface area contributed by atoms with E-state index >= 15 is 0 Å². The molecule has 0 radical (unpaired) electrons. The van der Waals surface area contributed by atoms with Gasteiger partial charge in [0.2, 0.25) is 0 Å². The first-order valence-corrected chi connectivity index (χ1v) is 7.06. The lowest BCUT2D eigenvalue weighted by Crippen LogP contribution is -2.38. The molecule has 0 saturated carbocycles. The molecule has 1 heterocycles. The quantitative estimate of drug-likeness (QED) is 0.721. The molecule has 1 aliphatic rings. The van der Waals surface area contributed by atoms with Crippen molar-refractivity contribution in [3.63, 3.8) is 0 Å². The fourth-order valence-electron chi connectivity index (χ4n) is 2.80. The molecule has 0 fully saturated rings. The third kappa shape index (κ3) is 2.61. The third-order valence-corrected chi connectivity index (χ3v) is 3.93. The van der Waals surface area contributed by atoms with E-state index in [2.05, 4.69) is 65.1 Å². The predicted molar refractivity (Wildman–Crippen MR) is 79.0 cm³/mol. The van der Waals surface area contributed by atoms with E-state index in [4.69, 9.17) is 0 Å². The standard InChI is InChI=1S/C17H27N/c1-16(2,3)13-7-8-14-12(11-13)9-10-18-15(14)17(4,5)6/h7-8,11,15,18H,9-10H2,1-6H3. The summed E-state index contributed by atoms with van der Waals surface area (Å²) in [6, 6.07) is 7.56. The van der Waals surface area contributed by atoms with Gasteiger partial charge in [-0.2, -0.15) is 0 Å². The molecule has 0 aliphatic carbocycles. The van der Waals surface area contributed by atoms with Crippen molar-refractivity contribution < 1.29 is 0 Å². The van der Waals surface area contributed by atoms with Gasteiger partial charge in [-0.25, -0.2) is 0 Å². The molecule has 0 aromatic heterocycles. The van der Waals surface area contributed by atoms with Gasteiger partial charge >= 0.3 is 0 Å². The Morgan fingerprint density at radius 1 is 1.06 bits per heavy atom. The molecule has 0 spiro atoms. The van der Waals surface area contributed by atoms with Crippen molar-refractivity contribution in [1.82, 2.24) is 5.32 Å². The smallest absolute Gasteiger partial charge is 0.0372 e. The van der Waals surface area contributed by atoms with Gasteiger partial charge in [-0.15, -0.1) is 0 Å². The Balaban J connectivity index is 2.43. The van der Waals surface area contributed by atoms with Gasteiger partial charge < -0.3 is 5.32 Å². The second kappa shape index (κ2) is 4.38. The van der Waals surface area contributed by atoms with Crippen molar-refractivity contribution in [1.29, 1.82) is 0 Å². The lowest BCUT2D eigenvalue weighted by molar-refractivity contribution is 0.263. The Kier molecular flexibility index (Phi) is 3.31. The Labute approximate surface area is 112 Å². The average molecular weight is 245 g/mol. The molecule has 1 aromatic carbocycles. The molecule has 1 N–H and O–H groups in total. The van der Waals surface area contributed by atoms with Crippen LogP contribution in [0.4, 0.5) is 0 Å². The number of fused-ring (bicyclic) bond motifs is 1. The largest absolute Gasteiger partial charge is 0.309 e. The van der Waals surface area contributed by atoms with Gasteiger partial charge in [-0.3, -0.25) is 0 Å². The SMILES string of the molecule is CC(C)(C)c1ccc2c(c1)CCNC2C(C)(C)C. The van der Waals surface area contributed by atoms with Crippen LogP contribution in [0.25, 0.3) is 0 Å². The summed E-state index contributed by atoms with van der Waals surface area (Å²) < 4.78 is 0. The number of rotatable bonds is 0. The highest BCUT2D eigenvalue weighted by atomic mass is 14.9. The zero-order valence-electron chi connectivity index (χ0n) is 12.7. The van der Waals surface area contributed by atoms with E-state index in [0.29, 0.717) is 6.04 Å². The molecular weight excluding hydrogens is 218 g/mol. The Hall–Kier alpha value is -0.820. The van der Waals surface area contributed by atoms with Gasteiger partial charge in [-0.05, 0) is 40.5 Å². The summed E-state index contributed by atoms with van der Waals surface area (Å²) in [5.41, 5.74) is 5.02. The summed E-state index contributed by atoms with van der Waals surface area (Å²) in [4.78, 5) is 0. The van der Waals surface area contributed by atoms with Crippen molar-refractivity contribution in [3.05, 3.63) is 34.9 Å². The predicted octanol–water partition coefficient (Wildman–Crippen LogP) is 4.22. The van der Waals surface area contributed by atoms with Gasteiger partial charge in [-0.1, -0.05) is 59.7 Å². The van der Waals surface area contributed by atoms with Crippen LogP contribution < -0.4 is 5.32 Å². The van der Waals surface area contributed by atoms with E-state index in [1.165, 1.54) is 11.1 Å². The molecule has 1 nitrogen and oxygen atoms in total. The maximum atomic E-state index is 3.67. The van der Waals surface area contributed by atoms with Crippen molar-refractivity contribution in [2.24, 2.45) is 5.41 Å². The van der Waals surface area contributed by atoms with E-state index < -0.39 is 0 Å². The highest BCUT2D eigenvalue weighted by Gasteiger charge is 2.30. The molecule has 1 aliphatic heterocycles. The number of hydrogen-bond donors (Lipinski definition) is 1. The number of benzene rings is 1. The summed E-state index contributed by atoms with van der Waals surface area (Å²) in [5.74, 6) is 0. The number of nitrogens with one attached hydrogen (secondary N) is 1. The second-order valence-corrected chi connectivity index (χ2v) is 7.67. The van der Waals surface area contributed by atoms with Gasteiger partial charge in [0.15, 0.2) is 0 Å². The molecule has 0 saturated heterocycles. The molecular formula is C17H27N. The van der Waals surface area contributed by atoms with Crippen molar-refractivity contribution in [3.8, 4) is 0 Å². The molecule has 1 atom stereocenters. The molecule has 2 rings (SSSR count). The molecule has 18 heavy (non-hydrogen) atoms. The minimum atomic E-state index is 0.247. The zero-order valence-corrected chi connectivity index (χ0v) is 12.7. The summed E-state index contributed by atoms with van der Waals surface area (Å²) >= 11 is 0. The molecule has 1 heteroatoms. The van der Waals surface area contributed by atoms with Gasteiger partial charge in [0.1, 0.15) is 0 Å². The number of hydrogen-bond acceptors (Lipinski definition) is 1. The van der Waals surface area contributed by atoms with E-state index in [0.717, 1.165) is 13.0 Å². The molecule has 0 bridgehead atoms. The third-order valence-electron chi connectivity index (χ3n) is 3.93. The topological polar surface area (TPSA) is 12.0 Å². The molecule has 1 aromatic rings. The van der Waals surface area contributed by atoms with Crippen LogP contribution in [0.15, 0.2) is 18.2 Å². The van der Waals surface area contributed by atoms with E-state index in [1.54, 1.807) is 5.56 Å². The second-order valence-electron chi connectivity index (χ2n) is 7.67. The van der Waals surface area contributed by atoms with Crippen molar-refractivity contribution in [2.75, 3.05) is 6.54 Å². The molecule has 0 amide bonds. The summed E-state index contributed by atoms with van der Waals surface area (Å²) in [6.07, 6.45) is 1.16. The first-order valence-electron chi connectivity index (χ1n) is 7.06. The van der Waals surface area contributed by atoms with Crippen LogP contribution in [0.2, 0.25) is 0 Å². The molecule has 100 valence electrons. The van der Waals surface area contributed by atoms with Gasteiger partial charge in [0.05, 0.1) is 0 Å². The highest BCUT2D eigenvalue weighted by Crippen LogP contribution is 2.38. The molecule has 1 unspecified atom stereocenters. The van der Waals surface area contributed by atoms with Crippen LogP contribution in [0, 0.1) is 5.41 Å². The Morgan fingerprint density at radius 3 is 2.28 bits per heavy atom. The fourth-order valence-corrected chi connectivity index (χ4v) is 2.80. The Bertz CT molecular complexity index is 432. The Morgan fingerprint density at radius 2 is 1.72 bits per heavy atom. The summed E-state index contributed by atoms with van der Waals surface area (Å²) in [5, 5.41) is 3.67. The minimum Gasteiger partial charge on any atom is -0.309 e. The maximum Gasteiger partial charge on any atom is 0.0372 e. The zero-order chi connectivity index (χ0) is 13.6. The summed E-state index contributed by atoms with van der Waals surface area (Å²) in [7, 11) is 0. The highest BCUT2D eigenvalue weighted by molar-refractivity contribution is 5.39. The average Bonchev–Trinajstić information content (AvgIpc) is 2.25. The first-order chi connectivity index (χ1) is 8.19. The van der Waals surface area contributed by atoms with Crippen LogP contribution in [-0.2, 0) is 11.8 Å². The van der Waals surface area contributed by atoms with Crippen LogP contribution >= 0.6 is 0 Å². The fraction of sp³-hybridized carbons (Fsp3) is 0.647. The van der Waals surface area contributed by atoms with E-state index in [9.17, 15) is 0 Å². The van der Waals surface area contributed by atoms with E-state index in [1.807, 2.05) is 0 Å². The van der Waals surface area contributed by atoms with Gasteiger partial charge in [0.25, 0.3) is 0 Å². The first kappa shape index (κ1) is 13.6. The maximum absolute atomic E-state index is 3.67. The minimum absolute atomic E-state index is 0.247. The lowest BCUT2D eigenvalue weighted by Gasteiger charge is -2.37. The van der Waals surface area contributed by atoms with Crippen LogP contribution in [0.1, 0.15) is 64.3 Å². The van der Waals surface area contributed by atoms with Gasteiger partial charge in [0, 0.05) is 6.04 Å². The van der Waals surface area contributed by atoms with Crippen LogP contribution in [0.3, 0.4) is 0 Å². The van der Waals surface area contributed by atoms with Crippen molar-refractivity contribution >= 4 is 0 Å². The monoisotopic (exact) mass is 245 g/mol. The van der Waals surface area contributed by atoms with Crippen molar-refractivity contribution in [2.45, 2.75) is 59.4 Å². The lowest BCUT2D eigenvalue weighted by atomic mass is 9.76.